The molecule has 0 radical (unpaired) electrons. The first-order valence-corrected chi connectivity index (χ1v) is 8.27. The molecule has 0 N–H and O–H groups in total. The Hall–Kier alpha value is -2.47. The Morgan fingerprint density at radius 1 is 1.12 bits per heavy atom. The number of aryl methyl sites for hydroxylation is 2. The van der Waals surface area contributed by atoms with Gasteiger partial charge in [-0.25, -0.2) is 0 Å². The van der Waals surface area contributed by atoms with Crippen molar-refractivity contribution in [3.8, 4) is 11.4 Å². The summed E-state index contributed by atoms with van der Waals surface area (Å²) in [6.45, 7) is 5.75. The van der Waals surface area contributed by atoms with Crippen LogP contribution < -0.4 is 0 Å². The third kappa shape index (κ3) is 2.73. The summed E-state index contributed by atoms with van der Waals surface area (Å²) < 4.78 is 10.9. The van der Waals surface area contributed by atoms with Crippen LogP contribution in [0.5, 0.6) is 0 Å². The van der Waals surface area contributed by atoms with Crippen LogP contribution >= 0.6 is 0 Å². The van der Waals surface area contributed by atoms with E-state index in [9.17, 15) is 0 Å². The molecule has 124 valence electrons. The number of benzene rings is 1. The average Bonchev–Trinajstić information content (AvgIpc) is 3.32. The van der Waals surface area contributed by atoms with Gasteiger partial charge >= 0.3 is 0 Å². The Balaban J connectivity index is 1.56. The van der Waals surface area contributed by atoms with Crippen molar-refractivity contribution in [2.75, 3.05) is 6.54 Å². The molecule has 0 spiro atoms. The molecular formula is C18H20N4O2. The fraction of sp³-hybridized carbons (Fsp3) is 0.389. The van der Waals surface area contributed by atoms with Gasteiger partial charge in [0.2, 0.25) is 11.7 Å². The molecule has 1 aromatic carbocycles. The van der Waals surface area contributed by atoms with Gasteiger partial charge in [-0.05, 0) is 33.2 Å². The SMILES string of the molecule is Cc1noc(C)c1CN1CCCC1c1nc(-c2ccccc2)no1. The van der Waals surface area contributed by atoms with Crippen LogP contribution in [0.2, 0.25) is 0 Å². The highest BCUT2D eigenvalue weighted by Crippen LogP contribution is 2.34. The van der Waals surface area contributed by atoms with Gasteiger partial charge in [-0.2, -0.15) is 4.98 Å². The zero-order chi connectivity index (χ0) is 16.5. The normalized spacial score (nSPS) is 18.3. The molecule has 4 rings (SSSR count). The largest absolute Gasteiger partial charge is 0.361 e. The lowest BCUT2D eigenvalue weighted by atomic mass is 10.1. The Morgan fingerprint density at radius 2 is 1.96 bits per heavy atom. The van der Waals surface area contributed by atoms with Crippen molar-refractivity contribution < 1.29 is 9.05 Å². The Labute approximate surface area is 140 Å². The molecule has 1 aliphatic rings. The van der Waals surface area contributed by atoms with Crippen LogP contribution in [0.3, 0.4) is 0 Å². The monoisotopic (exact) mass is 324 g/mol. The van der Waals surface area contributed by atoms with Gasteiger partial charge in [-0.3, -0.25) is 4.90 Å². The first-order valence-electron chi connectivity index (χ1n) is 8.27. The minimum atomic E-state index is 0.156. The number of nitrogens with zero attached hydrogens (tertiary/aromatic N) is 4. The summed E-state index contributed by atoms with van der Waals surface area (Å²) in [4.78, 5) is 7.00. The van der Waals surface area contributed by atoms with Crippen molar-refractivity contribution in [3.63, 3.8) is 0 Å². The third-order valence-electron chi connectivity index (χ3n) is 4.66. The van der Waals surface area contributed by atoms with E-state index < -0.39 is 0 Å². The second-order valence-corrected chi connectivity index (χ2v) is 6.25. The molecule has 0 amide bonds. The van der Waals surface area contributed by atoms with Gasteiger partial charge in [0.15, 0.2) is 0 Å². The summed E-state index contributed by atoms with van der Waals surface area (Å²) in [5.41, 5.74) is 3.08. The van der Waals surface area contributed by atoms with E-state index in [1.807, 2.05) is 44.2 Å². The van der Waals surface area contributed by atoms with Gasteiger partial charge in [0, 0.05) is 17.7 Å². The number of rotatable bonds is 4. The fourth-order valence-electron chi connectivity index (χ4n) is 3.30. The van der Waals surface area contributed by atoms with Gasteiger partial charge in [0.1, 0.15) is 5.76 Å². The van der Waals surface area contributed by atoms with Crippen LogP contribution in [0.4, 0.5) is 0 Å². The molecule has 1 atom stereocenters. The smallest absolute Gasteiger partial charge is 0.244 e. The standard InChI is InChI=1S/C18H20N4O2/c1-12-15(13(2)23-20-12)11-22-10-6-9-16(22)18-19-17(21-24-18)14-7-4-3-5-8-14/h3-5,7-8,16H,6,9-11H2,1-2H3. The van der Waals surface area contributed by atoms with Crippen LogP contribution in [0.25, 0.3) is 11.4 Å². The minimum Gasteiger partial charge on any atom is -0.361 e. The molecule has 0 bridgehead atoms. The van der Waals surface area contributed by atoms with E-state index in [2.05, 4.69) is 20.2 Å². The molecule has 6 nitrogen and oxygen atoms in total. The van der Waals surface area contributed by atoms with Crippen molar-refractivity contribution in [3.05, 3.63) is 53.2 Å². The second kappa shape index (κ2) is 6.20. The van der Waals surface area contributed by atoms with Crippen LogP contribution in [-0.2, 0) is 6.54 Å². The van der Waals surface area contributed by atoms with Crippen LogP contribution in [-0.4, -0.2) is 26.7 Å². The lowest BCUT2D eigenvalue weighted by Gasteiger charge is -2.21. The molecule has 0 saturated carbocycles. The summed E-state index contributed by atoms with van der Waals surface area (Å²) in [7, 11) is 0. The molecule has 3 heterocycles. The Bertz CT molecular complexity index is 805. The topological polar surface area (TPSA) is 68.2 Å². The summed E-state index contributed by atoms with van der Waals surface area (Å²) in [6, 6.07) is 10.1. The lowest BCUT2D eigenvalue weighted by Crippen LogP contribution is -2.23. The van der Waals surface area contributed by atoms with Crippen molar-refractivity contribution >= 4 is 0 Å². The summed E-state index contributed by atoms with van der Waals surface area (Å²) >= 11 is 0. The first-order chi connectivity index (χ1) is 11.7. The first kappa shape index (κ1) is 15.1. The molecule has 1 aliphatic heterocycles. The molecule has 2 aromatic heterocycles. The van der Waals surface area contributed by atoms with Gasteiger partial charge in [-0.1, -0.05) is 40.6 Å². The van der Waals surface area contributed by atoms with E-state index in [0.717, 1.165) is 48.5 Å². The van der Waals surface area contributed by atoms with Crippen molar-refractivity contribution in [1.82, 2.24) is 20.2 Å². The van der Waals surface area contributed by atoms with Gasteiger partial charge in [-0.15, -0.1) is 0 Å². The molecule has 1 unspecified atom stereocenters. The van der Waals surface area contributed by atoms with Gasteiger partial charge in [0.05, 0.1) is 11.7 Å². The van der Waals surface area contributed by atoms with E-state index in [4.69, 9.17) is 9.05 Å². The quantitative estimate of drug-likeness (QED) is 0.729. The Morgan fingerprint density at radius 3 is 2.71 bits per heavy atom. The minimum absolute atomic E-state index is 0.156. The number of hydrogen-bond acceptors (Lipinski definition) is 6. The predicted octanol–water partition coefficient (Wildman–Crippen LogP) is 3.68. The molecular weight excluding hydrogens is 304 g/mol. The Kier molecular flexibility index (Phi) is 3.90. The summed E-state index contributed by atoms with van der Waals surface area (Å²) in [5.74, 6) is 2.22. The van der Waals surface area contributed by atoms with E-state index in [0.29, 0.717) is 11.7 Å². The maximum absolute atomic E-state index is 5.57. The fourth-order valence-corrected chi connectivity index (χ4v) is 3.30. The lowest BCUT2D eigenvalue weighted by molar-refractivity contribution is 0.200. The zero-order valence-electron chi connectivity index (χ0n) is 13.9. The highest BCUT2D eigenvalue weighted by atomic mass is 16.5. The molecule has 6 heteroatoms. The highest BCUT2D eigenvalue weighted by molar-refractivity contribution is 5.53. The third-order valence-corrected chi connectivity index (χ3v) is 4.66. The van der Waals surface area contributed by atoms with Gasteiger partial charge in [0.25, 0.3) is 0 Å². The maximum Gasteiger partial charge on any atom is 0.244 e. The number of hydrogen-bond donors (Lipinski definition) is 0. The molecule has 24 heavy (non-hydrogen) atoms. The number of likely N-dealkylation sites (tertiary alicyclic amines) is 1. The maximum atomic E-state index is 5.57. The van der Waals surface area contributed by atoms with Crippen molar-refractivity contribution in [2.24, 2.45) is 0 Å². The van der Waals surface area contributed by atoms with E-state index in [1.54, 1.807) is 0 Å². The second-order valence-electron chi connectivity index (χ2n) is 6.25. The van der Waals surface area contributed by atoms with Crippen molar-refractivity contribution in [2.45, 2.75) is 39.3 Å². The molecule has 3 aromatic rings. The zero-order valence-corrected chi connectivity index (χ0v) is 13.9. The van der Waals surface area contributed by atoms with Crippen LogP contribution in [0.15, 0.2) is 39.4 Å². The van der Waals surface area contributed by atoms with E-state index in [1.165, 1.54) is 0 Å². The summed E-state index contributed by atoms with van der Waals surface area (Å²) in [6.07, 6.45) is 2.15. The molecule has 0 aliphatic carbocycles. The van der Waals surface area contributed by atoms with Crippen LogP contribution in [0, 0.1) is 13.8 Å². The van der Waals surface area contributed by atoms with E-state index in [-0.39, 0.29) is 6.04 Å². The summed E-state index contributed by atoms with van der Waals surface area (Å²) in [5, 5.41) is 8.20. The van der Waals surface area contributed by atoms with Gasteiger partial charge < -0.3 is 9.05 Å². The van der Waals surface area contributed by atoms with E-state index >= 15 is 0 Å². The number of aromatic nitrogens is 3. The molecule has 1 saturated heterocycles. The highest BCUT2D eigenvalue weighted by Gasteiger charge is 2.32. The van der Waals surface area contributed by atoms with Crippen molar-refractivity contribution in [1.29, 1.82) is 0 Å². The average molecular weight is 324 g/mol. The predicted molar refractivity (Wildman–Crippen MR) is 88.1 cm³/mol. The molecule has 1 fully saturated rings. The van der Waals surface area contributed by atoms with Crippen LogP contribution in [0.1, 0.15) is 41.8 Å².